The molecular formula is C12H22N2O. The summed E-state index contributed by atoms with van der Waals surface area (Å²) >= 11 is 0. The average Bonchev–Trinajstić information content (AvgIpc) is 2.66. The number of aromatic nitrogens is 2. The van der Waals surface area contributed by atoms with E-state index < -0.39 is 5.60 Å². The first kappa shape index (κ1) is 12.2. The van der Waals surface area contributed by atoms with Crippen LogP contribution in [0, 0.1) is 0 Å². The number of aryl methyl sites for hydroxylation is 1. The third-order valence-corrected chi connectivity index (χ3v) is 2.80. The minimum Gasteiger partial charge on any atom is -0.382 e. The molecule has 0 spiro atoms. The molecule has 1 aromatic rings. The highest BCUT2D eigenvalue weighted by atomic mass is 16.3. The van der Waals surface area contributed by atoms with Crippen LogP contribution in [0.25, 0.3) is 0 Å². The van der Waals surface area contributed by atoms with Crippen molar-refractivity contribution in [2.45, 2.75) is 58.6 Å². The van der Waals surface area contributed by atoms with E-state index in [1.165, 1.54) is 0 Å². The second-order valence-corrected chi connectivity index (χ2v) is 4.07. The maximum Gasteiger partial charge on any atom is 0.140 e. The Labute approximate surface area is 92.1 Å². The van der Waals surface area contributed by atoms with Crippen LogP contribution in [0.15, 0.2) is 12.4 Å². The molecule has 0 radical (unpaired) electrons. The minimum absolute atomic E-state index is 0.733. The van der Waals surface area contributed by atoms with Gasteiger partial charge >= 0.3 is 0 Å². The first-order valence-electron chi connectivity index (χ1n) is 5.92. The highest BCUT2D eigenvalue weighted by Crippen LogP contribution is 2.30. The Morgan fingerprint density at radius 3 is 2.33 bits per heavy atom. The Morgan fingerprint density at radius 1 is 1.27 bits per heavy atom. The van der Waals surface area contributed by atoms with Crippen molar-refractivity contribution in [2.24, 2.45) is 0 Å². The highest BCUT2D eigenvalue weighted by Gasteiger charge is 2.31. The number of imidazole rings is 1. The fourth-order valence-corrected chi connectivity index (χ4v) is 2.15. The van der Waals surface area contributed by atoms with Gasteiger partial charge in [-0.3, -0.25) is 0 Å². The molecule has 1 aromatic heterocycles. The van der Waals surface area contributed by atoms with Crippen molar-refractivity contribution in [2.75, 3.05) is 0 Å². The van der Waals surface area contributed by atoms with Gasteiger partial charge in [-0.15, -0.1) is 0 Å². The fourth-order valence-electron chi connectivity index (χ4n) is 2.15. The standard InChI is InChI=1S/C12H22N2O/c1-4-7-12(15,8-5-2)11-13-9-10-14(11)6-3/h9-10,15H,4-8H2,1-3H3. The van der Waals surface area contributed by atoms with Gasteiger partial charge < -0.3 is 9.67 Å². The zero-order valence-electron chi connectivity index (χ0n) is 10.0. The Morgan fingerprint density at radius 2 is 1.87 bits per heavy atom. The lowest BCUT2D eigenvalue weighted by molar-refractivity contribution is 0.00504. The molecule has 0 unspecified atom stereocenters. The highest BCUT2D eigenvalue weighted by molar-refractivity contribution is 5.04. The van der Waals surface area contributed by atoms with Crippen molar-refractivity contribution in [1.82, 2.24) is 9.55 Å². The average molecular weight is 210 g/mol. The second kappa shape index (κ2) is 5.31. The van der Waals surface area contributed by atoms with E-state index in [4.69, 9.17) is 0 Å². The van der Waals surface area contributed by atoms with E-state index in [9.17, 15) is 5.11 Å². The van der Waals surface area contributed by atoms with Crippen LogP contribution in [0.5, 0.6) is 0 Å². The van der Waals surface area contributed by atoms with Crippen molar-refractivity contribution in [3.63, 3.8) is 0 Å². The summed E-state index contributed by atoms with van der Waals surface area (Å²) in [6.45, 7) is 7.13. The molecule has 3 heteroatoms. The van der Waals surface area contributed by atoms with Gasteiger partial charge in [0.25, 0.3) is 0 Å². The zero-order chi connectivity index (χ0) is 11.3. The predicted octanol–water partition coefficient (Wildman–Crippen LogP) is 2.69. The summed E-state index contributed by atoms with van der Waals surface area (Å²) in [6.07, 6.45) is 7.25. The lowest BCUT2D eigenvalue weighted by atomic mass is 9.92. The third kappa shape index (κ3) is 2.59. The van der Waals surface area contributed by atoms with Gasteiger partial charge in [0.1, 0.15) is 11.4 Å². The molecule has 1 rings (SSSR count). The zero-order valence-corrected chi connectivity index (χ0v) is 10.0. The van der Waals surface area contributed by atoms with Gasteiger partial charge in [0.2, 0.25) is 0 Å². The van der Waals surface area contributed by atoms with Crippen molar-refractivity contribution in [1.29, 1.82) is 0 Å². The number of hydrogen-bond donors (Lipinski definition) is 1. The van der Waals surface area contributed by atoms with E-state index in [-0.39, 0.29) is 0 Å². The monoisotopic (exact) mass is 210 g/mol. The summed E-state index contributed by atoms with van der Waals surface area (Å²) in [5, 5.41) is 10.6. The number of rotatable bonds is 6. The molecule has 15 heavy (non-hydrogen) atoms. The first-order chi connectivity index (χ1) is 7.18. The SMILES string of the molecule is CCCC(O)(CCC)c1nccn1CC. The summed E-state index contributed by atoms with van der Waals surface area (Å²) in [5.41, 5.74) is -0.733. The van der Waals surface area contributed by atoms with E-state index in [1.54, 1.807) is 6.20 Å². The molecule has 3 nitrogen and oxygen atoms in total. The van der Waals surface area contributed by atoms with Gasteiger partial charge in [-0.25, -0.2) is 4.98 Å². The smallest absolute Gasteiger partial charge is 0.140 e. The van der Waals surface area contributed by atoms with Crippen LogP contribution in [0.3, 0.4) is 0 Å². The molecule has 0 aliphatic carbocycles. The summed E-state index contributed by atoms with van der Waals surface area (Å²) in [6, 6.07) is 0. The van der Waals surface area contributed by atoms with E-state index in [0.29, 0.717) is 0 Å². The van der Waals surface area contributed by atoms with Crippen LogP contribution in [-0.2, 0) is 12.1 Å². The van der Waals surface area contributed by atoms with E-state index in [2.05, 4.69) is 25.8 Å². The van der Waals surface area contributed by atoms with Gasteiger partial charge in [0.15, 0.2) is 0 Å². The summed E-state index contributed by atoms with van der Waals surface area (Å²) in [7, 11) is 0. The fraction of sp³-hybridized carbons (Fsp3) is 0.750. The van der Waals surface area contributed by atoms with Crippen LogP contribution < -0.4 is 0 Å². The molecule has 86 valence electrons. The lowest BCUT2D eigenvalue weighted by Crippen LogP contribution is -2.29. The molecular weight excluding hydrogens is 188 g/mol. The number of aliphatic hydroxyl groups is 1. The van der Waals surface area contributed by atoms with Gasteiger partial charge in [-0.1, -0.05) is 26.7 Å². The summed E-state index contributed by atoms with van der Waals surface area (Å²) in [4.78, 5) is 4.31. The van der Waals surface area contributed by atoms with Crippen molar-refractivity contribution in [3.05, 3.63) is 18.2 Å². The molecule has 0 amide bonds. The number of nitrogens with zero attached hydrogens (tertiary/aromatic N) is 2. The third-order valence-electron chi connectivity index (χ3n) is 2.80. The summed E-state index contributed by atoms with van der Waals surface area (Å²) in [5.74, 6) is 0.828. The van der Waals surface area contributed by atoms with Gasteiger partial charge in [0, 0.05) is 18.9 Å². The molecule has 0 aliphatic heterocycles. The predicted molar refractivity (Wildman–Crippen MR) is 61.6 cm³/mol. The van der Waals surface area contributed by atoms with Crippen LogP contribution in [-0.4, -0.2) is 14.7 Å². The van der Waals surface area contributed by atoms with Gasteiger partial charge in [0.05, 0.1) is 0 Å². The van der Waals surface area contributed by atoms with E-state index >= 15 is 0 Å². The Balaban J connectivity index is 2.97. The molecule has 0 bridgehead atoms. The summed E-state index contributed by atoms with van der Waals surface area (Å²) < 4.78 is 2.03. The normalized spacial score (nSPS) is 12.0. The topological polar surface area (TPSA) is 38.1 Å². The first-order valence-corrected chi connectivity index (χ1v) is 5.92. The van der Waals surface area contributed by atoms with Crippen LogP contribution >= 0.6 is 0 Å². The molecule has 0 saturated heterocycles. The van der Waals surface area contributed by atoms with Gasteiger partial charge in [-0.2, -0.15) is 0 Å². The van der Waals surface area contributed by atoms with Crippen LogP contribution in [0.4, 0.5) is 0 Å². The Kier molecular flexibility index (Phi) is 4.33. The second-order valence-electron chi connectivity index (χ2n) is 4.07. The maximum absolute atomic E-state index is 10.6. The van der Waals surface area contributed by atoms with Crippen molar-refractivity contribution >= 4 is 0 Å². The lowest BCUT2D eigenvalue weighted by Gasteiger charge is -2.27. The van der Waals surface area contributed by atoms with Crippen molar-refractivity contribution < 1.29 is 5.11 Å². The Hall–Kier alpha value is -0.830. The van der Waals surface area contributed by atoms with E-state index in [0.717, 1.165) is 38.1 Å². The molecule has 0 aromatic carbocycles. The van der Waals surface area contributed by atoms with Gasteiger partial charge in [-0.05, 0) is 19.8 Å². The van der Waals surface area contributed by atoms with Crippen molar-refractivity contribution in [3.8, 4) is 0 Å². The minimum atomic E-state index is -0.733. The van der Waals surface area contributed by atoms with E-state index in [1.807, 2.05) is 10.8 Å². The maximum atomic E-state index is 10.6. The quantitative estimate of drug-likeness (QED) is 0.784. The molecule has 0 aliphatic rings. The molecule has 1 heterocycles. The largest absolute Gasteiger partial charge is 0.382 e. The molecule has 1 N–H and O–H groups in total. The molecule has 0 atom stereocenters. The molecule has 0 saturated carbocycles. The Bertz CT molecular complexity index is 288. The van der Waals surface area contributed by atoms with Crippen LogP contribution in [0.1, 0.15) is 52.3 Å². The molecule has 0 fully saturated rings. The van der Waals surface area contributed by atoms with Crippen LogP contribution in [0.2, 0.25) is 0 Å². The number of hydrogen-bond acceptors (Lipinski definition) is 2.